The van der Waals surface area contributed by atoms with Gasteiger partial charge in [-0.25, -0.2) is 8.78 Å². The zero-order valence-electron chi connectivity index (χ0n) is 24.2. The lowest BCUT2D eigenvalue weighted by molar-refractivity contribution is -0.144. The number of hydrogen-bond acceptors (Lipinski definition) is 5. The molecule has 1 heterocycles. The van der Waals surface area contributed by atoms with Crippen molar-refractivity contribution in [2.75, 3.05) is 22.9 Å². The molecule has 3 amide bonds. The third-order valence-corrected chi connectivity index (χ3v) is 8.51. The van der Waals surface area contributed by atoms with Crippen molar-refractivity contribution in [3.63, 3.8) is 0 Å². The van der Waals surface area contributed by atoms with E-state index in [0.29, 0.717) is 36.1 Å². The smallest absolute Gasteiger partial charge is 0.264 e. The number of carbonyl (C=O) groups excluding carboxylic acids is 4. The highest BCUT2D eigenvalue weighted by Gasteiger charge is 2.58. The van der Waals surface area contributed by atoms with E-state index in [0.717, 1.165) is 37.8 Å². The van der Waals surface area contributed by atoms with Gasteiger partial charge in [0.1, 0.15) is 11.6 Å². The highest BCUT2D eigenvalue weighted by Crippen LogP contribution is 2.41. The zero-order chi connectivity index (χ0) is 31.0. The van der Waals surface area contributed by atoms with Crippen molar-refractivity contribution in [1.82, 2.24) is 5.32 Å². The van der Waals surface area contributed by atoms with Gasteiger partial charge in [0.15, 0.2) is 5.78 Å². The normalized spacial score (nSPS) is 18.4. The van der Waals surface area contributed by atoms with Crippen LogP contribution in [0.5, 0.6) is 0 Å². The van der Waals surface area contributed by atoms with Crippen LogP contribution in [0.2, 0.25) is 0 Å². The molecule has 0 saturated heterocycles. The van der Waals surface area contributed by atoms with Gasteiger partial charge in [-0.15, -0.1) is 0 Å². The zero-order valence-corrected chi connectivity index (χ0v) is 24.2. The first-order chi connectivity index (χ1) is 21.1. The number of nitrogens with two attached hydrogens (primary N) is 1. The number of ketones is 1. The first kappa shape index (κ1) is 29.6. The van der Waals surface area contributed by atoms with Gasteiger partial charge in [-0.1, -0.05) is 42.5 Å². The topological polar surface area (TPSA) is 113 Å². The van der Waals surface area contributed by atoms with Crippen LogP contribution in [0.15, 0.2) is 72.8 Å². The minimum atomic E-state index is -2.62. The first-order valence-electron chi connectivity index (χ1n) is 15.0. The maximum Gasteiger partial charge on any atom is 0.264 e. The Hall–Kier alpha value is -4.44. The molecule has 0 radical (unpaired) electrons. The fourth-order valence-electron chi connectivity index (χ4n) is 5.82. The van der Waals surface area contributed by atoms with Gasteiger partial charge in [0, 0.05) is 19.2 Å². The number of nitrogens with zero attached hydrogens (tertiary/aromatic N) is 2. The summed E-state index contributed by atoms with van der Waals surface area (Å²) >= 11 is 0. The van der Waals surface area contributed by atoms with Crippen molar-refractivity contribution in [1.29, 1.82) is 0 Å². The molecule has 2 aliphatic carbocycles. The molecule has 1 atom stereocenters. The molecule has 3 aliphatic rings. The SMILES string of the molecule is NC1(C(=O)[C@H](Cc2ccccc2)NC(=O)Cc2cc(F)cc(F)c2)C(=O)N(CC2CC2)c2ccccc2N(CC2CC2)C1=O. The van der Waals surface area contributed by atoms with E-state index in [1.807, 2.05) is 0 Å². The standard InChI is InChI=1S/C34H34F2N4O4/c35-25-14-24(15-26(36)18-25)17-30(41)38-27(16-21-6-2-1-3-7-21)31(42)34(37)32(43)39(19-22-10-11-22)28-8-4-5-9-29(28)40(33(34)44)20-23-12-13-23/h1-9,14-15,18,22-23,27H,10-13,16-17,19-20,37H2,(H,38,41)/t27-/m0/s1. The van der Waals surface area contributed by atoms with Crippen LogP contribution in [0.3, 0.4) is 0 Å². The van der Waals surface area contributed by atoms with Gasteiger partial charge in [0.25, 0.3) is 11.8 Å². The van der Waals surface area contributed by atoms with Crippen LogP contribution in [0.1, 0.15) is 36.8 Å². The molecule has 2 fully saturated rings. The van der Waals surface area contributed by atoms with E-state index < -0.39 is 53.1 Å². The Labute approximate surface area is 254 Å². The van der Waals surface area contributed by atoms with E-state index in [1.54, 1.807) is 54.6 Å². The lowest BCUT2D eigenvalue weighted by Crippen LogP contribution is -2.71. The molecule has 3 N–H and O–H groups in total. The van der Waals surface area contributed by atoms with Crippen LogP contribution < -0.4 is 20.9 Å². The number of para-hydroxylation sites is 2. The quantitative estimate of drug-likeness (QED) is 0.326. The Morgan fingerprint density at radius 2 is 1.30 bits per heavy atom. The van der Waals surface area contributed by atoms with E-state index in [4.69, 9.17) is 5.73 Å². The van der Waals surface area contributed by atoms with Gasteiger partial charge in [0.2, 0.25) is 11.4 Å². The second kappa shape index (κ2) is 11.9. The summed E-state index contributed by atoms with van der Waals surface area (Å²) in [6, 6.07) is 17.3. The predicted molar refractivity (Wildman–Crippen MR) is 161 cm³/mol. The van der Waals surface area contributed by atoms with Crippen molar-refractivity contribution < 1.29 is 28.0 Å². The summed E-state index contributed by atoms with van der Waals surface area (Å²) in [5, 5.41) is 2.64. The van der Waals surface area contributed by atoms with Crippen molar-refractivity contribution in [3.05, 3.63) is 95.6 Å². The summed E-state index contributed by atoms with van der Waals surface area (Å²) in [5.41, 5.74) is 5.93. The fourth-order valence-corrected chi connectivity index (χ4v) is 5.82. The molecule has 0 aromatic heterocycles. The van der Waals surface area contributed by atoms with Crippen LogP contribution in [0.4, 0.5) is 20.2 Å². The minimum absolute atomic E-state index is 0.0549. The fraction of sp³-hybridized carbons (Fsp3) is 0.353. The van der Waals surface area contributed by atoms with E-state index in [1.165, 1.54) is 9.80 Å². The van der Waals surface area contributed by atoms with Crippen molar-refractivity contribution >= 4 is 34.9 Å². The summed E-state index contributed by atoms with van der Waals surface area (Å²) in [6.07, 6.45) is 3.20. The Morgan fingerprint density at radius 1 is 0.795 bits per heavy atom. The second-order valence-corrected chi connectivity index (χ2v) is 12.1. The van der Waals surface area contributed by atoms with Crippen molar-refractivity contribution in [3.8, 4) is 0 Å². The van der Waals surface area contributed by atoms with E-state index in [2.05, 4.69) is 5.32 Å². The highest BCUT2D eigenvalue weighted by molar-refractivity contribution is 6.37. The molecule has 10 heteroatoms. The predicted octanol–water partition coefficient (Wildman–Crippen LogP) is 3.70. The molecule has 6 rings (SSSR count). The van der Waals surface area contributed by atoms with Gasteiger partial charge in [-0.2, -0.15) is 0 Å². The van der Waals surface area contributed by atoms with Gasteiger partial charge in [-0.3, -0.25) is 19.2 Å². The molecule has 8 nitrogen and oxygen atoms in total. The minimum Gasteiger partial charge on any atom is -0.346 e. The summed E-state index contributed by atoms with van der Waals surface area (Å²) < 4.78 is 27.6. The Morgan fingerprint density at radius 3 is 1.80 bits per heavy atom. The number of fused-ring (bicyclic) bond motifs is 1. The maximum atomic E-state index is 14.6. The molecule has 0 bridgehead atoms. The number of hydrogen-bond donors (Lipinski definition) is 2. The lowest BCUT2D eigenvalue weighted by Gasteiger charge is -2.33. The Balaban J connectivity index is 1.38. The first-order valence-corrected chi connectivity index (χ1v) is 15.0. The number of carbonyl (C=O) groups is 4. The third kappa shape index (κ3) is 6.12. The van der Waals surface area contributed by atoms with Gasteiger partial charge < -0.3 is 20.9 Å². The molecule has 3 aromatic carbocycles. The Bertz CT molecular complexity index is 1530. The van der Waals surface area contributed by atoms with Gasteiger partial charge >= 0.3 is 0 Å². The van der Waals surface area contributed by atoms with E-state index in [9.17, 15) is 28.0 Å². The van der Waals surface area contributed by atoms with Crippen LogP contribution in [0.25, 0.3) is 0 Å². The summed E-state index contributed by atoms with van der Waals surface area (Å²) in [7, 11) is 0. The number of halogens is 2. The molecule has 44 heavy (non-hydrogen) atoms. The number of rotatable bonds is 11. The molecular weight excluding hydrogens is 566 g/mol. The van der Waals surface area contributed by atoms with Crippen LogP contribution in [0, 0.1) is 23.5 Å². The molecule has 3 aromatic rings. The van der Waals surface area contributed by atoms with Crippen LogP contribution in [-0.4, -0.2) is 48.2 Å². The number of nitrogens with one attached hydrogen (secondary N) is 1. The molecule has 0 unspecified atom stereocenters. The monoisotopic (exact) mass is 600 g/mol. The summed E-state index contributed by atoms with van der Waals surface area (Å²) in [4.78, 5) is 59.6. The highest BCUT2D eigenvalue weighted by atomic mass is 19.1. The summed E-state index contributed by atoms with van der Waals surface area (Å²) in [5.74, 6) is -4.54. The van der Waals surface area contributed by atoms with E-state index in [-0.39, 0.29) is 23.8 Å². The maximum absolute atomic E-state index is 14.6. The average molecular weight is 601 g/mol. The number of anilines is 2. The average Bonchev–Trinajstić information content (AvgIpc) is 3.93. The van der Waals surface area contributed by atoms with Gasteiger partial charge in [0.05, 0.1) is 23.8 Å². The molecule has 2 saturated carbocycles. The third-order valence-electron chi connectivity index (χ3n) is 8.51. The lowest BCUT2D eigenvalue weighted by atomic mass is 9.84. The molecular formula is C34H34F2N4O4. The summed E-state index contributed by atoms with van der Waals surface area (Å²) in [6.45, 7) is 0.626. The number of Topliss-reactive ketones (excluding diaryl/α,β-unsaturated/α-hetero) is 1. The van der Waals surface area contributed by atoms with Crippen LogP contribution in [-0.2, 0) is 32.0 Å². The number of benzene rings is 3. The second-order valence-electron chi connectivity index (χ2n) is 12.1. The largest absolute Gasteiger partial charge is 0.346 e. The molecule has 1 aliphatic heterocycles. The van der Waals surface area contributed by atoms with E-state index >= 15 is 0 Å². The van der Waals surface area contributed by atoms with Crippen molar-refractivity contribution in [2.45, 2.75) is 50.1 Å². The Kier molecular flexibility index (Phi) is 8.02. The van der Waals surface area contributed by atoms with Crippen LogP contribution >= 0.6 is 0 Å². The number of amides is 3. The molecule has 0 spiro atoms. The van der Waals surface area contributed by atoms with Crippen molar-refractivity contribution in [2.24, 2.45) is 17.6 Å². The van der Waals surface area contributed by atoms with Gasteiger partial charge in [-0.05, 0) is 79.3 Å². The molecule has 228 valence electrons.